The smallest absolute Gasteiger partial charge is 0.132 e. The highest BCUT2D eigenvalue weighted by Gasteiger charge is 2.26. The van der Waals surface area contributed by atoms with Gasteiger partial charge in [-0.3, -0.25) is 9.98 Å². The van der Waals surface area contributed by atoms with Gasteiger partial charge in [-0.25, -0.2) is 0 Å². The number of aliphatic imine (C=N–C) groups is 2. The molecule has 56 heavy (non-hydrogen) atoms. The number of hydrogen-bond donors (Lipinski definition) is 2. The Kier molecular flexibility index (Phi) is 9.31. The molecule has 276 valence electrons. The van der Waals surface area contributed by atoms with Crippen LogP contribution in [0.5, 0.6) is 23.0 Å². The van der Waals surface area contributed by atoms with Crippen molar-refractivity contribution in [3.05, 3.63) is 145 Å². The van der Waals surface area contributed by atoms with Gasteiger partial charge in [0.1, 0.15) is 23.0 Å². The van der Waals surface area contributed by atoms with E-state index in [9.17, 15) is 10.2 Å². The van der Waals surface area contributed by atoms with Gasteiger partial charge >= 0.3 is 0 Å². The maximum absolute atomic E-state index is 12.1. The van der Waals surface area contributed by atoms with Crippen LogP contribution in [0, 0.1) is 0 Å². The van der Waals surface area contributed by atoms with Crippen molar-refractivity contribution in [3.63, 3.8) is 0 Å². The number of phenols is 2. The van der Waals surface area contributed by atoms with E-state index in [1.807, 2.05) is 109 Å². The maximum Gasteiger partial charge on any atom is 0.132 e. The lowest BCUT2D eigenvalue weighted by Crippen LogP contribution is -2.27. The number of fused-ring (bicyclic) bond motifs is 4. The fourth-order valence-corrected chi connectivity index (χ4v) is 8.57. The summed E-state index contributed by atoms with van der Waals surface area (Å²) in [6.45, 7) is 0. The molecule has 0 aromatic heterocycles. The zero-order valence-corrected chi connectivity index (χ0v) is 31.4. The van der Waals surface area contributed by atoms with Crippen LogP contribution in [0.15, 0.2) is 143 Å². The Morgan fingerprint density at radius 2 is 0.821 bits per heavy atom. The van der Waals surface area contributed by atoms with Crippen molar-refractivity contribution in [2.45, 2.75) is 37.8 Å². The Bertz CT molecular complexity index is 2650. The molecule has 8 aromatic rings. The second kappa shape index (κ2) is 14.9. The normalized spacial score (nSPS) is 16.1. The van der Waals surface area contributed by atoms with Crippen molar-refractivity contribution >= 4 is 55.5 Å². The maximum atomic E-state index is 12.1. The topological polar surface area (TPSA) is 83.6 Å². The third-order valence-electron chi connectivity index (χ3n) is 11.3. The van der Waals surface area contributed by atoms with Crippen molar-refractivity contribution < 1.29 is 19.7 Å². The van der Waals surface area contributed by atoms with E-state index in [-0.39, 0.29) is 23.6 Å². The molecule has 0 aliphatic heterocycles. The predicted octanol–water partition coefficient (Wildman–Crippen LogP) is 11.9. The molecule has 1 aliphatic rings. The Hall–Kier alpha value is -6.66. The van der Waals surface area contributed by atoms with Gasteiger partial charge in [-0.05, 0) is 80.2 Å². The van der Waals surface area contributed by atoms with Crippen LogP contribution in [0.3, 0.4) is 0 Å². The van der Waals surface area contributed by atoms with E-state index in [0.29, 0.717) is 22.6 Å². The zero-order valence-electron chi connectivity index (χ0n) is 31.4. The molecule has 8 aromatic carbocycles. The van der Waals surface area contributed by atoms with E-state index in [2.05, 4.69) is 36.4 Å². The summed E-state index contributed by atoms with van der Waals surface area (Å²) >= 11 is 0. The molecular weight excluding hydrogens is 693 g/mol. The summed E-state index contributed by atoms with van der Waals surface area (Å²) in [5.74, 6) is 1.71. The molecule has 6 nitrogen and oxygen atoms in total. The number of nitrogens with zero attached hydrogens (tertiary/aromatic N) is 2. The van der Waals surface area contributed by atoms with Crippen LogP contribution in [0.1, 0.15) is 36.8 Å². The van der Waals surface area contributed by atoms with Crippen LogP contribution < -0.4 is 9.47 Å². The van der Waals surface area contributed by atoms with Gasteiger partial charge < -0.3 is 19.7 Å². The minimum absolute atomic E-state index is 0.0957. The summed E-state index contributed by atoms with van der Waals surface area (Å²) < 4.78 is 11.8. The summed E-state index contributed by atoms with van der Waals surface area (Å²) in [6, 6.07) is 44.4. The highest BCUT2D eigenvalue weighted by Crippen LogP contribution is 2.48. The van der Waals surface area contributed by atoms with Crippen LogP contribution in [0.4, 0.5) is 0 Å². The van der Waals surface area contributed by atoms with Crippen molar-refractivity contribution in [1.29, 1.82) is 0 Å². The van der Waals surface area contributed by atoms with Gasteiger partial charge in [-0.2, -0.15) is 0 Å². The van der Waals surface area contributed by atoms with Gasteiger partial charge in [0.25, 0.3) is 0 Å². The fourth-order valence-electron chi connectivity index (χ4n) is 8.57. The number of hydrogen-bond acceptors (Lipinski definition) is 6. The summed E-state index contributed by atoms with van der Waals surface area (Å²) in [5, 5.41) is 32.2. The van der Waals surface area contributed by atoms with E-state index in [1.54, 1.807) is 14.2 Å². The summed E-state index contributed by atoms with van der Waals surface area (Å²) in [7, 11) is 3.34. The minimum Gasteiger partial charge on any atom is -0.507 e. The quantitative estimate of drug-likeness (QED) is 0.152. The Morgan fingerprint density at radius 3 is 1.21 bits per heavy atom. The molecule has 0 heterocycles. The lowest BCUT2D eigenvalue weighted by molar-refractivity contribution is 0.390. The number of methoxy groups -OCH3 is 2. The lowest BCUT2D eigenvalue weighted by atomic mass is 9.89. The summed E-state index contributed by atoms with van der Waals surface area (Å²) in [6.07, 6.45) is 7.47. The second-order valence-electron chi connectivity index (χ2n) is 14.5. The number of phenolic OH excluding ortho intramolecular Hbond substituents is 2. The Labute approximate surface area is 326 Å². The van der Waals surface area contributed by atoms with Crippen LogP contribution >= 0.6 is 0 Å². The standard InChI is InChI=1S/C50H42N2O4/c1-55-43-25-23-31-13-3-7-17-37(31)45(43)47-39-19-9-5-15-33(39)27-35(49(47)53)29-51-41-21-11-12-22-42(41)52-30-36-28-34-16-6-10-20-40(34)48(50(36)54)46-38-18-8-4-14-32(38)24-26-44(46)56-2/h3-10,13-20,23-30,41-42,53-54H,11-12,21-22H2,1-2H3. The van der Waals surface area contributed by atoms with Crippen molar-refractivity contribution in [3.8, 4) is 45.3 Å². The molecule has 6 heteroatoms. The van der Waals surface area contributed by atoms with Gasteiger partial charge in [0.15, 0.2) is 0 Å². The second-order valence-corrected chi connectivity index (χ2v) is 14.5. The molecule has 0 bridgehead atoms. The van der Waals surface area contributed by atoms with Crippen molar-refractivity contribution in [1.82, 2.24) is 0 Å². The first-order valence-electron chi connectivity index (χ1n) is 19.2. The van der Waals surface area contributed by atoms with Gasteiger partial charge in [-0.1, -0.05) is 122 Å². The average molecular weight is 735 g/mol. The third-order valence-corrected chi connectivity index (χ3v) is 11.3. The van der Waals surface area contributed by atoms with Crippen molar-refractivity contribution in [2.24, 2.45) is 9.98 Å². The largest absolute Gasteiger partial charge is 0.507 e. The molecule has 0 saturated heterocycles. The third kappa shape index (κ3) is 6.17. The first-order valence-corrected chi connectivity index (χ1v) is 19.2. The molecule has 1 saturated carbocycles. The highest BCUT2D eigenvalue weighted by atomic mass is 16.5. The lowest BCUT2D eigenvalue weighted by Gasteiger charge is -2.25. The van der Waals surface area contributed by atoms with Crippen LogP contribution in [0.25, 0.3) is 65.3 Å². The van der Waals surface area contributed by atoms with Crippen LogP contribution in [0.2, 0.25) is 0 Å². The van der Waals surface area contributed by atoms with Gasteiger partial charge in [0.2, 0.25) is 0 Å². The molecule has 1 fully saturated rings. The summed E-state index contributed by atoms with van der Waals surface area (Å²) in [4.78, 5) is 10.3. The van der Waals surface area contributed by atoms with Gasteiger partial charge in [0, 0.05) is 45.8 Å². The van der Waals surface area contributed by atoms with E-state index >= 15 is 0 Å². The van der Waals surface area contributed by atoms with Crippen molar-refractivity contribution in [2.75, 3.05) is 14.2 Å². The first kappa shape index (κ1) is 35.1. The van der Waals surface area contributed by atoms with E-state index < -0.39 is 0 Å². The molecular formula is C50H42N2O4. The van der Waals surface area contributed by atoms with Gasteiger partial charge in [-0.15, -0.1) is 0 Å². The molecule has 2 atom stereocenters. The minimum atomic E-state index is -0.0957. The SMILES string of the molecule is COc1ccc2ccccc2c1-c1c(O)c(C=NC2CCCCC2N=Cc2cc3ccccc3c(-c3c(OC)ccc4ccccc34)c2O)cc2ccccc12. The molecule has 0 spiro atoms. The van der Waals surface area contributed by atoms with E-state index in [0.717, 1.165) is 91.0 Å². The van der Waals surface area contributed by atoms with E-state index in [1.165, 1.54) is 0 Å². The number of benzene rings is 8. The molecule has 0 radical (unpaired) electrons. The van der Waals surface area contributed by atoms with Gasteiger partial charge in [0.05, 0.1) is 26.3 Å². The zero-order chi connectivity index (χ0) is 38.2. The molecule has 9 rings (SSSR count). The molecule has 2 N–H and O–H groups in total. The first-order chi connectivity index (χ1) is 27.5. The molecule has 1 aliphatic carbocycles. The molecule has 0 amide bonds. The number of aromatic hydroxyl groups is 2. The Balaban J connectivity index is 1.11. The Morgan fingerprint density at radius 1 is 0.464 bits per heavy atom. The predicted molar refractivity (Wildman–Crippen MR) is 231 cm³/mol. The average Bonchev–Trinajstić information content (AvgIpc) is 3.25. The summed E-state index contributed by atoms with van der Waals surface area (Å²) in [5.41, 5.74) is 4.44. The molecule has 2 unspecified atom stereocenters. The number of rotatable bonds is 8. The van der Waals surface area contributed by atoms with E-state index in [4.69, 9.17) is 19.5 Å². The monoisotopic (exact) mass is 734 g/mol. The van der Waals surface area contributed by atoms with Crippen LogP contribution in [-0.2, 0) is 0 Å². The fraction of sp³-hybridized carbons (Fsp3) is 0.160. The number of ether oxygens (including phenoxy) is 2. The highest BCUT2D eigenvalue weighted by molar-refractivity contribution is 6.13. The van der Waals surface area contributed by atoms with Crippen LogP contribution in [-0.4, -0.2) is 48.9 Å².